The minimum Gasteiger partial charge on any atom is -0.442 e. The van der Waals surface area contributed by atoms with Crippen molar-refractivity contribution in [2.75, 3.05) is 18.0 Å². The first-order chi connectivity index (χ1) is 14.8. The largest absolute Gasteiger partial charge is 0.442 e. The lowest BCUT2D eigenvalue weighted by Gasteiger charge is -2.15. The lowest BCUT2D eigenvalue weighted by molar-refractivity contribution is -0.119. The molecule has 1 fully saturated rings. The fraction of sp³-hybridized carbons (Fsp3) is 0.211. The van der Waals surface area contributed by atoms with Crippen molar-refractivity contribution >= 4 is 17.7 Å². The minimum atomic E-state index is -0.984. The zero-order valence-corrected chi connectivity index (χ0v) is 16.1. The van der Waals surface area contributed by atoms with Gasteiger partial charge in [0.15, 0.2) is 0 Å². The van der Waals surface area contributed by atoms with Crippen LogP contribution in [0.1, 0.15) is 6.92 Å². The van der Waals surface area contributed by atoms with E-state index in [1.54, 1.807) is 0 Å². The molecule has 1 aromatic heterocycles. The highest BCUT2D eigenvalue weighted by Crippen LogP contribution is 2.33. The summed E-state index contributed by atoms with van der Waals surface area (Å²) in [5.74, 6) is -3.05. The van der Waals surface area contributed by atoms with Gasteiger partial charge in [-0.05, 0) is 40.3 Å². The van der Waals surface area contributed by atoms with Crippen LogP contribution < -0.4 is 10.2 Å². The number of hydrogen-bond donors (Lipinski definition) is 1. The smallest absolute Gasteiger partial charge is 0.414 e. The number of amides is 2. The Morgan fingerprint density at radius 2 is 1.94 bits per heavy atom. The second-order valence-corrected chi connectivity index (χ2v) is 6.76. The van der Waals surface area contributed by atoms with Crippen LogP contribution in [0.2, 0.25) is 0 Å². The van der Waals surface area contributed by atoms with Crippen molar-refractivity contribution in [3.05, 3.63) is 54.1 Å². The molecular weight excluding hydrogens is 417 g/mol. The van der Waals surface area contributed by atoms with E-state index >= 15 is 0 Å². The van der Waals surface area contributed by atoms with Gasteiger partial charge in [-0.2, -0.15) is 4.68 Å². The number of nitrogens with one attached hydrogen (secondary N) is 1. The zero-order valence-electron chi connectivity index (χ0n) is 16.1. The number of anilines is 1. The standard InChI is InChI=1S/C19H15F3N6O3/c1-10(29)23-7-13-8-27(19(30)31-13)12-5-15(21)18(16(22)6-12)11-2-3-17(14(20)4-11)28-9-24-25-26-28/h2-6,9,13H,7-8H2,1H3,(H,23,29). The highest BCUT2D eigenvalue weighted by molar-refractivity contribution is 5.90. The van der Waals surface area contributed by atoms with Gasteiger partial charge in [0, 0.05) is 6.92 Å². The van der Waals surface area contributed by atoms with Gasteiger partial charge in [0.25, 0.3) is 0 Å². The van der Waals surface area contributed by atoms with Crippen LogP contribution in [0, 0.1) is 17.5 Å². The lowest BCUT2D eigenvalue weighted by atomic mass is 10.0. The van der Waals surface area contributed by atoms with E-state index in [-0.39, 0.29) is 35.9 Å². The Balaban J connectivity index is 1.60. The van der Waals surface area contributed by atoms with Crippen LogP contribution in [-0.2, 0) is 9.53 Å². The summed E-state index contributed by atoms with van der Waals surface area (Å²) in [5, 5.41) is 12.9. The number of tetrazole rings is 1. The summed E-state index contributed by atoms with van der Waals surface area (Å²) in [4.78, 5) is 24.1. The van der Waals surface area contributed by atoms with Gasteiger partial charge in [0.1, 0.15) is 35.6 Å². The average Bonchev–Trinajstić information content (AvgIpc) is 3.36. The topological polar surface area (TPSA) is 102 Å². The van der Waals surface area contributed by atoms with Gasteiger partial charge in [-0.25, -0.2) is 18.0 Å². The van der Waals surface area contributed by atoms with Crippen molar-refractivity contribution in [1.82, 2.24) is 25.5 Å². The fourth-order valence-electron chi connectivity index (χ4n) is 3.21. The average molecular weight is 432 g/mol. The molecule has 0 saturated carbocycles. The number of hydrogen-bond acceptors (Lipinski definition) is 6. The third-order valence-corrected chi connectivity index (χ3v) is 4.62. The maximum atomic E-state index is 14.8. The third kappa shape index (κ3) is 4.04. The number of nitrogens with zero attached hydrogens (tertiary/aromatic N) is 5. The molecular formula is C19H15F3N6O3. The van der Waals surface area contributed by atoms with E-state index in [0.29, 0.717) is 0 Å². The van der Waals surface area contributed by atoms with E-state index in [9.17, 15) is 22.8 Å². The van der Waals surface area contributed by atoms with E-state index in [1.165, 1.54) is 25.4 Å². The van der Waals surface area contributed by atoms with E-state index in [4.69, 9.17) is 4.74 Å². The molecule has 31 heavy (non-hydrogen) atoms. The van der Waals surface area contributed by atoms with Crippen LogP contribution >= 0.6 is 0 Å². The molecule has 1 aliphatic heterocycles. The van der Waals surface area contributed by atoms with Crippen LogP contribution in [0.5, 0.6) is 0 Å². The molecule has 4 rings (SSSR count). The van der Waals surface area contributed by atoms with Crippen molar-refractivity contribution in [3.63, 3.8) is 0 Å². The molecule has 2 amide bonds. The Morgan fingerprint density at radius 1 is 1.19 bits per heavy atom. The molecule has 1 aliphatic rings. The Kier molecular flexibility index (Phi) is 5.28. The Hall–Kier alpha value is -3.96. The van der Waals surface area contributed by atoms with Gasteiger partial charge in [-0.15, -0.1) is 5.10 Å². The first-order valence-electron chi connectivity index (χ1n) is 9.08. The van der Waals surface area contributed by atoms with Crippen molar-refractivity contribution in [2.45, 2.75) is 13.0 Å². The number of rotatable bonds is 5. The zero-order chi connectivity index (χ0) is 22.1. The van der Waals surface area contributed by atoms with Crippen LogP contribution in [0.15, 0.2) is 36.7 Å². The minimum absolute atomic E-state index is 0.00655. The van der Waals surface area contributed by atoms with Crippen molar-refractivity contribution in [2.24, 2.45) is 0 Å². The summed E-state index contributed by atoms with van der Waals surface area (Å²) in [6, 6.07) is 5.51. The van der Waals surface area contributed by atoms with Gasteiger partial charge < -0.3 is 10.1 Å². The SMILES string of the molecule is CC(=O)NCC1CN(c2cc(F)c(-c3ccc(-n4cnnn4)c(F)c3)c(F)c2)C(=O)O1. The maximum absolute atomic E-state index is 14.8. The molecule has 0 spiro atoms. The molecule has 2 aromatic carbocycles. The summed E-state index contributed by atoms with van der Waals surface area (Å²) in [6.45, 7) is 1.40. The number of ether oxygens (including phenoxy) is 1. The molecule has 0 radical (unpaired) electrons. The van der Waals surface area contributed by atoms with Crippen molar-refractivity contribution in [1.29, 1.82) is 0 Å². The Morgan fingerprint density at radius 3 is 2.55 bits per heavy atom. The Bertz CT molecular complexity index is 1130. The second kappa shape index (κ2) is 8.05. The summed E-state index contributed by atoms with van der Waals surface area (Å²) in [5.41, 5.74) is -0.534. The molecule has 0 aliphatic carbocycles. The van der Waals surface area contributed by atoms with E-state index in [0.717, 1.165) is 27.8 Å². The maximum Gasteiger partial charge on any atom is 0.414 e. The van der Waals surface area contributed by atoms with Gasteiger partial charge in [0.2, 0.25) is 5.91 Å². The summed E-state index contributed by atoms with van der Waals surface area (Å²) in [6.07, 6.45) is -0.267. The summed E-state index contributed by atoms with van der Waals surface area (Å²) in [7, 11) is 0. The molecule has 0 bridgehead atoms. The number of carbonyl (C=O) groups excluding carboxylic acids is 2. The van der Waals surface area contributed by atoms with Crippen LogP contribution in [0.3, 0.4) is 0 Å². The van der Waals surface area contributed by atoms with Gasteiger partial charge in [-0.1, -0.05) is 6.07 Å². The number of carbonyl (C=O) groups is 2. The van der Waals surface area contributed by atoms with Gasteiger partial charge in [0.05, 0.1) is 24.3 Å². The molecule has 1 N–H and O–H groups in total. The number of cyclic esters (lactones) is 1. The molecule has 3 aromatic rings. The second-order valence-electron chi connectivity index (χ2n) is 6.76. The number of benzene rings is 2. The summed E-state index contributed by atoms with van der Waals surface area (Å²) >= 11 is 0. The third-order valence-electron chi connectivity index (χ3n) is 4.62. The molecule has 9 nitrogen and oxygen atoms in total. The first kappa shape index (κ1) is 20.3. The Labute approximate surface area is 173 Å². The molecule has 1 unspecified atom stereocenters. The van der Waals surface area contributed by atoms with Crippen molar-refractivity contribution < 1.29 is 27.5 Å². The monoisotopic (exact) mass is 432 g/mol. The van der Waals surface area contributed by atoms with E-state index in [2.05, 4.69) is 20.8 Å². The molecule has 160 valence electrons. The predicted octanol–water partition coefficient (Wildman–Crippen LogP) is 2.21. The fourth-order valence-corrected chi connectivity index (χ4v) is 3.21. The van der Waals surface area contributed by atoms with Gasteiger partial charge in [-0.3, -0.25) is 9.69 Å². The highest BCUT2D eigenvalue weighted by atomic mass is 19.1. The number of aromatic nitrogens is 4. The molecule has 1 atom stereocenters. The molecule has 1 saturated heterocycles. The normalized spacial score (nSPS) is 15.8. The highest BCUT2D eigenvalue weighted by Gasteiger charge is 2.33. The lowest BCUT2D eigenvalue weighted by Crippen LogP contribution is -2.33. The van der Waals surface area contributed by atoms with Crippen LogP contribution in [-0.4, -0.2) is 51.4 Å². The van der Waals surface area contributed by atoms with E-state index in [1.807, 2.05) is 0 Å². The quantitative estimate of drug-likeness (QED) is 0.663. The van der Waals surface area contributed by atoms with Crippen molar-refractivity contribution in [3.8, 4) is 16.8 Å². The van der Waals surface area contributed by atoms with Crippen LogP contribution in [0.25, 0.3) is 16.8 Å². The number of halogens is 3. The van der Waals surface area contributed by atoms with Gasteiger partial charge >= 0.3 is 6.09 Å². The molecule has 2 heterocycles. The predicted molar refractivity (Wildman–Crippen MR) is 101 cm³/mol. The first-order valence-corrected chi connectivity index (χ1v) is 9.08. The van der Waals surface area contributed by atoms with Crippen LogP contribution in [0.4, 0.5) is 23.7 Å². The molecule has 12 heteroatoms. The summed E-state index contributed by atoms with van der Waals surface area (Å²) < 4.78 is 50.2. The van der Waals surface area contributed by atoms with E-state index < -0.39 is 35.2 Å².